The first kappa shape index (κ1) is 27.8. The molecule has 32 heavy (non-hydrogen) atoms. The zero-order chi connectivity index (χ0) is 23.6. The minimum atomic E-state index is 0.349. The van der Waals surface area contributed by atoms with Crippen molar-refractivity contribution in [2.75, 3.05) is 65.4 Å². The van der Waals surface area contributed by atoms with E-state index in [1.807, 2.05) is 0 Å². The smallest absolute Gasteiger partial charge is 0.0635 e. The maximum Gasteiger partial charge on any atom is 0.0635 e. The molecule has 0 aromatic carbocycles. The average Bonchev–Trinajstić information content (AvgIpc) is 2.80. The van der Waals surface area contributed by atoms with E-state index < -0.39 is 0 Å². The van der Waals surface area contributed by atoms with E-state index in [2.05, 4.69) is 57.7 Å². The number of rotatable bonds is 8. The second-order valence-electron chi connectivity index (χ2n) is 8.66. The molecule has 0 spiro atoms. The summed E-state index contributed by atoms with van der Waals surface area (Å²) in [5.74, 6) is 0. The lowest BCUT2D eigenvalue weighted by atomic mass is 10.1. The molecular formula is C24H40N8. The van der Waals surface area contributed by atoms with Crippen LogP contribution in [0.2, 0.25) is 0 Å². The third-order valence-electron chi connectivity index (χ3n) is 6.48. The first-order valence-electron chi connectivity index (χ1n) is 12.0. The summed E-state index contributed by atoms with van der Waals surface area (Å²) >= 11 is 0. The van der Waals surface area contributed by atoms with Crippen LogP contribution in [-0.4, -0.2) is 97.1 Å². The molecule has 1 saturated heterocycles. The van der Waals surface area contributed by atoms with Crippen LogP contribution in [0.1, 0.15) is 52.4 Å². The van der Waals surface area contributed by atoms with Gasteiger partial charge in [-0.15, -0.1) is 0 Å². The lowest BCUT2D eigenvalue weighted by Crippen LogP contribution is -2.46. The van der Waals surface area contributed by atoms with E-state index in [1.54, 1.807) is 0 Å². The lowest BCUT2D eigenvalue weighted by Gasteiger charge is -2.36. The summed E-state index contributed by atoms with van der Waals surface area (Å²) in [7, 11) is 0. The van der Waals surface area contributed by atoms with E-state index in [4.69, 9.17) is 21.0 Å². The van der Waals surface area contributed by atoms with Gasteiger partial charge in [0.2, 0.25) is 0 Å². The van der Waals surface area contributed by atoms with Gasteiger partial charge in [-0.3, -0.25) is 9.80 Å². The fourth-order valence-electron chi connectivity index (χ4n) is 4.22. The van der Waals surface area contributed by atoms with Gasteiger partial charge in [0.25, 0.3) is 0 Å². The number of hydrogen-bond donors (Lipinski definition) is 0. The molecule has 0 aromatic rings. The van der Waals surface area contributed by atoms with Crippen molar-refractivity contribution in [3.05, 3.63) is 0 Å². The van der Waals surface area contributed by atoms with Gasteiger partial charge < -0.3 is 9.80 Å². The molecule has 0 radical (unpaired) electrons. The largest absolute Gasteiger partial charge is 0.301 e. The van der Waals surface area contributed by atoms with E-state index in [9.17, 15) is 0 Å². The molecule has 0 saturated carbocycles. The van der Waals surface area contributed by atoms with Gasteiger partial charge in [-0.05, 0) is 39.8 Å². The van der Waals surface area contributed by atoms with E-state index in [-0.39, 0.29) is 0 Å². The zero-order valence-electron chi connectivity index (χ0n) is 20.0. The van der Waals surface area contributed by atoms with Crippen LogP contribution >= 0.6 is 0 Å². The Morgan fingerprint density at radius 1 is 0.531 bits per heavy atom. The second-order valence-corrected chi connectivity index (χ2v) is 8.66. The van der Waals surface area contributed by atoms with Gasteiger partial charge in [-0.25, -0.2) is 0 Å². The molecule has 1 rings (SSSR count). The van der Waals surface area contributed by atoms with Crippen molar-refractivity contribution in [3.63, 3.8) is 0 Å². The third kappa shape index (κ3) is 11.4. The molecule has 1 aliphatic heterocycles. The molecule has 1 aliphatic rings. The molecule has 0 N–H and O–H groups in total. The minimum Gasteiger partial charge on any atom is -0.301 e. The number of hydrogen-bond acceptors (Lipinski definition) is 8. The maximum absolute atomic E-state index is 9.10. The zero-order valence-corrected chi connectivity index (χ0v) is 20.0. The normalized spacial score (nSPS) is 23.3. The molecule has 0 amide bonds. The summed E-state index contributed by atoms with van der Waals surface area (Å²) in [6.07, 6.45) is 4.06. The molecule has 0 unspecified atom stereocenters. The van der Waals surface area contributed by atoms with Gasteiger partial charge in [0.1, 0.15) is 0 Å². The highest BCUT2D eigenvalue weighted by molar-refractivity contribution is 4.82. The first-order valence-corrected chi connectivity index (χ1v) is 12.0. The van der Waals surface area contributed by atoms with Gasteiger partial charge >= 0.3 is 0 Å². The molecule has 2 atom stereocenters. The van der Waals surface area contributed by atoms with Crippen LogP contribution in [0.25, 0.3) is 0 Å². The van der Waals surface area contributed by atoms with Gasteiger partial charge in [-0.2, -0.15) is 21.0 Å². The fraction of sp³-hybridized carbons (Fsp3) is 0.833. The van der Waals surface area contributed by atoms with Crippen molar-refractivity contribution >= 4 is 0 Å². The van der Waals surface area contributed by atoms with Gasteiger partial charge in [0.05, 0.1) is 24.3 Å². The summed E-state index contributed by atoms with van der Waals surface area (Å²) in [5, 5.41) is 36.3. The highest BCUT2D eigenvalue weighted by Gasteiger charge is 2.20. The van der Waals surface area contributed by atoms with Gasteiger partial charge in [-0.1, -0.05) is 0 Å². The van der Waals surface area contributed by atoms with E-state index in [0.29, 0.717) is 37.8 Å². The van der Waals surface area contributed by atoms with Crippen molar-refractivity contribution in [2.45, 2.75) is 64.5 Å². The molecule has 0 aliphatic carbocycles. The Balaban J connectivity index is 2.98. The van der Waals surface area contributed by atoms with Crippen LogP contribution in [0.3, 0.4) is 0 Å². The first-order chi connectivity index (χ1) is 15.5. The molecule has 0 aromatic heterocycles. The van der Waals surface area contributed by atoms with Crippen LogP contribution in [0, 0.1) is 45.3 Å². The van der Waals surface area contributed by atoms with Gasteiger partial charge in [0, 0.05) is 90.1 Å². The molecule has 1 fully saturated rings. The van der Waals surface area contributed by atoms with E-state index in [0.717, 1.165) is 78.3 Å². The predicted molar refractivity (Wildman–Crippen MR) is 125 cm³/mol. The SMILES string of the molecule is C[C@H]1CCN(CCC#N)CCN(CCC#N)[C@@H](C)CCN(CCC#N)CCN1CCC#N. The highest BCUT2D eigenvalue weighted by Crippen LogP contribution is 2.12. The lowest BCUT2D eigenvalue weighted by molar-refractivity contribution is 0.118. The standard InChI is InChI=1S/C24H40N8/c1-23-7-17-29(13-3-9-25)20-22-32(16-6-12-28)24(2)8-18-30(14-4-10-26)19-21-31(23)15-5-11-27/h23-24H,3-8,13-22H2,1-2H3/t23-,24-/m0/s1. The fourth-order valence-corrected chi connectivity index (χ4v) is 4.22. The van der Waals surface area contributed by atoms with Crippen LogP contribution in [0.5, 0.6) is 0 Å². The van der Waals surface area contributed by atoms with E-state index in [1.165, 1.54) is 0 Å². The molecule has 8 heteroatoms. The Bertz CT molecular complexity index is 609. The Labute approximate surface area is 195 Å². The Morgan fingerprint density at radius 2 is 0.875 bits per heavy atom. The molecule has 176 valence electrons. The minimum absolute atomic E-state index is 0.349. The molecule has 8 nitrogen and oxygen atoms in total. The number of nitriles is 4. The van der Waals surface area contributed by atoms with Crippen molar-refractivity contribution in [2.24, 2.45) is 0 Å². The van der Waals surface area contributed by atoms with Crippen molar-refractivity contribution in [1.29, 1.82) is 21.0 Å². The average molecular weight is 441 g/mol. The van der Waals surface area contributed by atoms with Crippen molar-refractivity contribution < 1.29 is 0 Å². The van der Waals surface area contributed by atoms with Crippen LogP contribution in [-0.2, 0) is 0 Å². The topological polar surface area (TPSA) is 108 Å². The summed E-state index contributed by atoms with van der Waals surface area (Å²) in [4.78, 5) is 9.55. The third-order valence-corrected chi connectivity index (χ3v) is 6.48. The highest BCUT2D eigenvalue weighted by atomic mass is 15.2. The summed E-state index contributed by atoms with van der Waals surface area (Å²) < 4.78 is 0. The Hall–Kier alpha value is -2.20. The van der Waals surface area contributed by atoms with Crippen molar-refractivity contribution in [3.8, 4) is 24.3 Å². The van der Waals surface area contributed by atoms with E-state index >= 15 is 0 Å². The second kappa shape index (κ2) is 17.4. The molecule has 1 heterocycles. The van der Waals surface area contributed by atoms with Crippen molar-refractivity contribution in [1.82, 2.24) is 19.6 Å². The predicted octanol–water partition coefficient (Wildman–Crippen LogP) is 2.42. The molecular weight excluding hydrogens is 400 g/mol. The summed E-state index contributed by atoms with van der Waals surface area (Å²) in [6, 6.07) is 9.79. The van der Waals surface area contributed by atoms with Crippen LogP contribution in [0.15, 0.2) is 0 Å². The molecule has 0 bridgehead atoms. The monoisotopic (exact) mass is 440 g/mol. The summed E-state index contributed by atoms with van der Waals surface area (Å²) in [6.45, 7) is 12.9. The Kier molecular flexibility index (Phi) is 15.1. The van der Waals surface area contributed by atoms with Crippen LogP contribution < -0.4 is 0 Å². The van der Waals surface area contributed by atoms with Gasteiger partial charge in [0.15, 0.2) is 0 Å². The quantitative estimate of drug-likeness (QED) is 0.566. The summed E-state index contributed by atoms with van der Waals surface area (Å²) in [5.41, 5.74) is 0. The Morgan fingerprint density at radius 3 is 1.22 bits per heavy atom. The van der Waals surface area contributed by atoms with Crippen LogP contribution in [0.4, 0.5) is 0 Å². The number of nitrogens with zero attached hydrogens (tertiary/aromatic N) is 8. The maximum atomic E-state index is 9.10.